The van der Waals surface area contributed by atoms with E-state index in [1.54, 1.807) is 18.2 Å². The third-order valence-electron chi connectivity index (χ3n) is 3.81. The Morgan fingerprint density at radius 2 is 1.85 bits per heavy atom. The zero-order valence-electron chi connectivity index (χ0n) is 15.1. The van der Waals surface area contributed by atoms with Gasteiger partial charge in [-0.25, -0.2) is 0 Å². The van der Waals surface area contributed by atoms with Gasteiger partial charge >= 0.3 is 0 Å². The van der Waals surface area contributed by atoms with Crippen LogP contribution in [-0.2, 0) is 9.59 Å². The maximum atomic E-state index is 12.1. The molecule has 2 amide bonds. The summed E-state index contributed by atoms with van der Waals surface area (Å²) in [6, 6.07) is 11.6. The number of aryl methyl sites for hydroxylation is 1. The van der Waals surface area contributed by atoms with Gasteiger partial charge in [0.05, 0.1) is 12.8 Å². The molecule has 1 unspecified atom stereocenters. The van der Waals surface area contributed by atoms with Crippen LogP contribution in [0.15, 0.2) is 42.5 Å². The van der Waals surface area contributed by atoms with Gasteiger partial charge in [0.1, 0.15) is 11.8 Å². The molecule has 4 N–H and O–H groups in total. The first kappa shape index (κ1) is 22.8. The molecular formula is C19H23Cl2N3O3. The number of carbonyl (C=O) groups excluding carboxylic acids is 2. The molecule has 0 spiro atoms. The Hall–Kier alpha value is -2.28. The van der Waals surface area contributed by atoms with E-state index in [2.05, 4.69) is 10.6 Å². The van der Waals surface area contributed by atoms with E-state index in [1.165, 1.54) is 7.11 Å². The number of carbonyl (C=O) groups is 2. The van der Waals surface area contributed by atoms with Crippen molar-refractivity contribution in [2.45, 2.75) is 19.4 Å². The van der Waals surface area contributed by atoms with E-state index in [0.29, 0.717) is 16.5 Å². The number of ether oxygens (including phenoxy) is 1. The zero-order chi connectivity index (χ0) is 19.1. The van der Waals surface area contributed by atoms with E-state index in [-0.39, 0.29) is 37.2 Å². The second-order valence-electron chi connectivity index (χ2n) is 5.82. The minimum atomic E-state index is -0.772. The molecule has 0 aliphatic heterocycles. The third kappa shape index (κ3) is 6.75. The molecule has 1 atom stereocenters. The molecule has 27 heavy (non-hydrogen) atoms. The molecule has 146 valence electrons. The van der Waals surface area contributed by atoms with Crippen LogP contribution in [0, 0.1) is 6.92 Å². The number of benzene rings is 2. The smallest absolute Gasteiger partial charge is 0.241 e. The lowest BCUT2D eigenvalue weighted by molar-refractivity contribution is -0.122. The molecule has 2 rings (SSSR count). The van der Waals surface area contributed by atoms with Gasteiger partial charge in [-0.2, -0.15) is 0 Å². The summed E-state index contributed by atoms with van der Waals surface area (Å²) in [7, 11) is 1.51. The summed E-state index contributed by atoms with van der Waals surface area (Å²) in [6.45, 7) is 2.13. The fourth-order valence-electron chi connectivity index (χ4n) is 2.32. The Morgan fingerprint density at radius 1 is 1.19 bits per heavy atom. The summed E-state index contributed by atoms with van der Waals surface area (Å²) in [6.07, 6.45) is 0.0992. The first-order valence-corrected chi connectivity index (χ1v) is 8.51. The van der Waals surface area contributed by atoms with E-state index >= 15 is 0 Å². The molecule has 0 bridgehead atoms. The molecule has 2 aromatic carbocycles. The molecule has 0 radical (unpaired) electrons. The minimum Gasteiger partial charge on any atom is -0.495 e. The highest BCUT2D eigenvalue weighted by Gasteiger charge is 2.16. The SMILES string of the molecule is COc1ccc(Cl)cc1NC(=O)CCNC(=O)C(N)c1ccc(C)cc1.Cl. The van der Waals surface area contributed by atoms with Crippen molar-refractivity contribution in [3.05, 3.63) is 58.6 Å². The normalized spacial score (nSPS) is 11.1. The van der Waals surface area contributed by atoms with Gasteiger partial charge in [-0.05, 0) is 30.7 Å². The van der Waals surface area contributed by atoms with Crippen molar-refractivity contribution in [2.24, 2.45) is 5.73 Å². The van der Waals surface area contributed by atoms with Crippen molar-refractivity contribution in [3.63, 3.8) is 0 Å². The second-order valence-corrected chi connectivity index (χ2v) is 6.26. The van der Waals surface area contributed by atoms with Crippen molar-refractivity contribution >= 4 is 41.5 Å². The van der Waals surface area contributed by atoms with Crippen molar-refractivity contribution in [2.75, 3.05) is 19.0 Å². The molecule has 6 nitrogen and oxygen atoms in total. The van der Waals surface area contributed by atoms with Gasteiger partial charge in [-0.1, -0.05) is 41.4 Å². The first-order chi connectivity index (χ1) is 12.4. The van der Waals surface area contributed by atoms with Crippen LogP contribution in [-0.4, -0.2) is 25.5 Å². The fraction of sp³-hybridized carbons (Fsp3) is 0.263. The molecule has 2 aromatic rings. The Balaban J connectivity index is 0.00000364. The summed E-state index contributed by atoms with van der Waals surface area (Å²) < 4.78 is 5.17. The van der Waals surface area contributed by atoms with Crippen LogP contribution in [0.4, 0.5) is 5.69 Å². The van der Waals surface area contributed by atoms with Gasteiger partial charge in [0.25, 0.3) is 0 Å². The van der Waals surface area contributed by atoms with Gasteiger partial charge in [-0.15, -0.1) is 12.4 Å². The maximum absolute atomic E-state index is 12.1. The predicted molar refractivity (Wildman–Crippen MR) is 110 cm³/mol. The van der Waals surface area contributed by atoms with Crippen LogP contribution in [0.2, 0.25) is 5.02 Å². The van der Waals surface area contributed by atoms with E-state index in [0.717, 1.165) is 11.1 Å². The lowest BCUT2D eigenvalue weighted by Crippen LogP contribution is -2.35. The van der Waals surface area contributed by atoms with Gasteiger partial charge in [0.15, 0.2) is 0 Å². The highest BCUT2D eigenvalue weighted by Crippen LogP contribution is 2.27. The average molecular weight is 412 g/mol. The fourth-order valence-corrected chi connectivity index (χ4v) is 2.50. The number of halogens is 2. The third-order valence-corrected chi connectivity index (χ3v) is 4.04. The Kier molecular flexibility index (Phi) is 9.08. The molecule has 0 fully saturated rings. The Bertz CT molecular complexity index is 782. The monoisotopic (exact) mass is 411 g/mol. The largest absolute Gasteiger partial charge is 0.495 e. The zero-order valence-corrected chi connectivity index (χ0v) is 16.7. The van der Waals surface area contributed by atoms with E-state index in [9.17, 15) is 9.59 Å². The number of hydrogen-bond acceptors (Lipinski definition) is 4. The second kappa shape index (κ2) is 10.8. The van der Waals surface area contributed by atoms with Crippen LogP contribution in [0.1, 0.15) is 23.6 Å². The van der Waals surface area contributed by atoms with Crippen LogP contribution < -0.4 is 21.1 Å². The Labute approximate surface area is 169 Å². The van der Waals surface area contributed by atoms with Crippen LogP contribution in [0.25, 0.3) is 0 Å². The molecule has 0 saturated carbocycles. The Morgan fingerprint density at radius 3 is 2.48 bits per heavy atom. The summed E-state index contributed by atoms with van der Waals surface area (Å²) >= 11 is 5.93. The van der Waals surface area contributed by atoms with Crippen LogP contribution in [0.3, 0.4) is 0 Å². The maximum Gasteiger partial charge on any atom is 0.241 e. The van der Waals surface area contributed by atoms with E-state index < -0.39 is 6.04 Å². The van der Waals surface area contributed by atoms with Gasteiger partial charge < -0.3 is 21.1 Å². The average Bonchev–Trinajstić information content (AvgIpc) is 2.62. The van der Waals surface area contributed by atoms with Crippen molar-refractivity contribution in [1.29, 1.82) is 0 Å². The summed E-state index contributed by atoms with van der Waals surface area (Å²) in [5.41, 5.74) is 8.23. The molecule has 0 aliphatic rings. The first-order valence-electron chi connectivity index (χ1n) is 8.14. The van der Waals surface area contributed by atoms with Crippen molar-refractivity contribution < 1.29 is 14.3 Å². The summed E-state index contributed by atoms with van der Waals surface area (Å²) in [4.78, 5) is 24.2. The van der Waals surface area contributed by atoms with Gasteiger partial charge in [0.2, 0.25) is 11.8 Å². The number of methoxy groups -OCH3 is 1. The number of nitrogens with two attached hydrogens (primary N) is 1. The lowest BCUT2D eigenvalue weighted by atomic mass is 10.1. The number of hydrogen-bond donors (Lipinski definition) is 3. The summed E-state index contributed by atoms with van der Waals surface area (Å²) in [5, 5.41) is 5.87. The lowest BCUT2D eigenvalue weighted by Gasteiger charge is -2.13. The minimum absolute atomic E-state index is 0. The molecule has 0 saturated heterocycles. The van der Waals surface area contributed by atoms with Crippen molar-refractivity contribution in [1.82, 2.24) is 5.32 Å². The van der Waals surface area contributed by atoms with Crippen molar-refractivity contribution in [3.8, 4) is 5.75 Å². The number of anilines is 1. The molecule has 0 aromatic heterocycles. The standard InChI is InChI=1S/C19H22ClN3O3.ClH/c1-12-3-5-13(6-4-12)18(21)19(25)22-10-9-17(24)23-15-11-14(20)7-8-16(15)26-2;/h3-8,11,18H,9-10,21H2,1-2H3,(H,22,25)(H,23,24);1H. The molecule has 0 heterocycles. The molecule has 8 heteroatoms. The van der Waals surface area contributed by atoms with E-state index in [1.807, 2.05) is 31.2 Å². The summed E-state index contributed by atoms with van der Waals surface area (Å²) in [5.74, 6) is -0.0926. The van der Waals surface area contributed by atoms with E-state index in [4.69, 9.17) is 22.1 Å². The highest BCUT2D eigenvalue weighted by molar-refractivity contribution is 6.31. The molecule has 0 aliphatic carbocycles. The predicted octanol–water partition coefficient (Wildman–Crippen LogP) is 3.22. The van der Waals surface area contributed by atoms with Crippen LogP contribution in [0.5, 0.6) is 5.75 Å². The topological polar surface area (TPSA) is 93.5 Å². The number of amides is 2. The van der Waals surface area contributed by atoms with Gasteiger partial charge in [-0.3, -0.25) is 9.59 Å². The highest BCUT2D eigenvalue weighted by atomic mass is 35.5. The van der Waals surface area contributed by atoms with Crippen LogP contribution >= 0.6 is 24.0 Å². The molecular weight excluding hydrogens is 389 g/mol. The van der Waals surface area contributed by atoms with Gasteiger partial charge in [0, 0.05) is 18.0 Å². The quantitative estimate of drug-likeness (QED) is 0.651. The number of nitrogens with one attached hydrogen (secondary N) is 2. The number of rotatable bonds is 7.